The summed E-state index contributed by atoms with van der Waals surface area (Å²) < 4.78 is 29.1. The molecule has 8 heteroatoms. The number of sulfonamides is 1. The van der Waals surface area contributed by atoms with E-state index >= 15 is 0 Å². The number of anilines is 1. The Kier molecular flexibility index (Phi) is 10.5. The largest absolute Gasteiger partial charge is 0.352 e. The van der Waals surface area contributed by atoms with Gasteiger partial charge in [-0.2, -0.15) is 0 Å². The highest BCUT2D eigenvalue weighted by Gasteiger charge is 2.33. The molecule has 0 radical (unpaired) electrons. The molecule has 0 fully saturated rings. The number of aryl methyl sites for hydroxylation is 1. The van der Waals surface area contributed by atoms with E-state index in [1.54, 1.807) is 36.4 Å². The first-order chi connectivity index (χ1) is 18.9. The Bertz CT molecular complexity index is 1370. The minimum atomic E-state index is -4.09. The van der Waals surface area contributed by atoms with Crippen molar-refractivity contribution in [2.24, 2.45) is 0 Å². The molecule has 0 aliphatic rings. The zero-order valence-electron chi connectivity index (χ0n) is 24.3. The maximum absolute atomic E-state index is 14.1. The topological polar surface area (TPSA) is 86.8 Å². The molecule has 40 heavy (non-hydrogen) atoms. The molecule has 2 amide bonds. The second-order valence-electron chi connectivity index (χ2n) is 10.7. The molecule has 0 aliphatic heterocycles. The van der Waals surface area contributed by atoms with Crippen LogP contribution in [0.15, 0.2) is 83.8 Å². The number of carbonyl (C=O) groups excluding carboxylic acids is 2. The number of rotatable bonds is 12. The Morgan fingerprint density at radius 3 is 1.98 bits per heavy atom. The second kappa shape index (κ2) is 13.6. The van der Waals surface area contributed by atoms with Crippen molar-refractivity contribution >= 4 is 27.5 Å². The minimum absolute atomic E-state index is 0.0954. The third-order valence-corrected chi connectivity index (χ3v) is 8.54. The van der Waals surface area contributed by atoms with E-state index in [9.17, 15) is 18.0 Å². The molecular weight excluding hydrogens is 522 g/mol. The number of amides is 2. The van der Waals surface area contributed by atoms with Crippen LogP contribution in [-0.2, 0) is 26.2 Å². The Hall–Kier alpha value is -3.65. The van der Waals surface area contributed by atoms with E-state index in [0.717, 1.165) is 21.0 Å². The smallest absolute Gasteiger partial charge is 0.264 e. The average Bonchev–Trinajstić information content (AvgIpc) is 2.92. The summed E-state index contributed by atoms with van der Waals surface area (Å²) in [5.41, 5.74) is 3.22. The zero-order valence-corrected chi connectivity index (χ0v) is 25.1. The van der Waals surface area contributed by atoms with Crippen LogP contribution in [0.3, 0.4) is 0 Å². The Balaban J connectivity index is 2.06. The number of nitrogens with one attached hydrogen (secondary N) is 1. The second-order valence-corrected chi connectivity index (χ2v) is 12.5. The maximum atomic E-state index is 14.1. The number of benzene rings is 3. The molecule has 0 saturated heterocycles. The molecule has 0 heterocycles. The molecule has 0 unspecified atom stereocenters. The lowest BCUT2D eigenvalue weighted by atomic mass is 10.0. The van der Waals surface area contributed by atoms with E-state index in [1.807, 2.05) is 70.2 Å². The molecule has 3 rings (SSSR count). The van der Waals surface area contributed by atoms with E-state index < -0.39 is 28.5 Å². The Morgan fingerprint density at radius 1 is 0.850 bits per heavy atom. The fourth-order valence-corrected chi connectivity index (χ4v) is 5.89. The van der Waals surface area contributed by atoms with Gasteiger partial charge in [0.25, 0.3) is 10.0 Å². The molecule has 214 valence electrons. The molecule has 1 atom stereocenters. The van der Waals surface area contributed by atoms with E-state index in [4.69, 9.17) is 0 Å². The number of hydrogen-bond donors (Lipinski definition) is 1. The van der Waals surface area contributed by atoms with Gasteiger partial charge in [-0.25, -0.2) is 8.42 Å². The summed E-state index contributed by atoms with van der Waals surface area (Å²) in [4.78, 5) is 28.8. The van der Waals surface area contributed by atoms with Crippen LogP contribution in [0.4, 0.5) is 5.69 Å². The van der Waals surface area contributed by atoms with Crippen LogP contribution in [0.2, 0.25) is 0 Å². The first-order valence-corrected chi connectivity index (χ1v) is 15.2. The first kappa shape index (κ1) is 30.9. The molecule has 0 bridgehead atoms. The zero-order chi connectivity index (χ0) is 29.4. The average molecular weight is 564 g/mol. The van der Waals surface area contributed by atoms with Gasteiger partial charge in [0.05, 0.1) is 10.6 Å². The van der Waals surface area contributed by atoms with E-state index in [2.05, 4.69) is 19.2 Å². The van der Waals surface area contributed by atoms with Crippen molar-refractivity contribution in [1.29, 1.82) is 0 Å². The van der Waals surface area contributed by atoms with Crippen molar-refractivity contribution in [2.45, 2.75) is 77.4 Å². The Labute approximate surface area is 239 Å². The summed E-state index contributed by atoms with van der Waals surface area (Å²) in [6.07, 6.45) is 0.380. The number of carbonyl (C=O) groups is 2. The predicted octanol–water partition coefficient (Wildman–Crippen LogP) is 5.65. The summed E-state index contributed by atoms with van der Waals surface area (Å²) in [6, 6.07) is 22.4. The van der Waals surface area contributed by atoms with E-state index in [1.165, 1.54) is 4.90 Å². The third kappa shape index (κ3) is 7.72. The van der Waals surface area contributed by atoms with Crippen molar-refractivity contribution in [3.63, 3.8) is 0 Å². The SMILES string of the molecule is CC[C@@H](C(=O)NC(C)C)N(Cc1ccccc1)C(=O)CN(c1ccc(C(C)C)cc1)S(=O)(=O)c1ccc(C)cc1. The van der Waals surface area contributed by atoms with Gasteiger partial charge in [0.1, 0.15) is 12.6 Å². The van der Waals surface area contributed by atoms with Crippen LogP contribution in [0.25, 0.3) is 0 Å². The maximum Gasteiger partial charge on any atom is 0.264 e. The van der Waals surface area contributed by atoms with Gasteiger partial charge in [-0.1, -0.05) is 80.9 Å². The van der Waals surface area contributed by atoms with Crippen LogP contribution in [0, 0.1) is 6.92 Å². The molecule has 0 saturated carbocycles. The summed E-state index contributed by atoms with van der Waals surface area (Å²) in [5.74, 6) is -0.460. The lowest BCUT2D eigenvalue weighted by Crippen LogP contribution is -2.53. The molecule has 7 nitrogen and oxygen atoms in total. The molecule has 1 N–H and O–H groups in total. The predicted molar refractivity (Wildman–Crippen MR) is 161 cm³/mol. The summed E-state index contributed by atoms with van der Waals surface area (Å²) >= 11 is 0. The Morgan fingerprint density at radius 2 is 1.45 bits per heavy atom. The fraction of sp³-hybridized carbons (Fsp3) is 0.375. The van der Waals surface area contributed by atoms with Crippen LogP contribution in [0.1, 0.15) is 63.6 Å². The molecule has 3 aromatic carbocycles. The summed E-state index contributed by atoms with van der Waals surface area (Å²) in [6.45, 7) is 11.3. The van der Waals surface area contributed by atoms with Crippen molar-refractivity contribution in [3.05, 3.63) is 95.6 Å². The van der Waals surface area contributed by atoms with Crippen LogP contribution in [-0.4, -0.2) is 43.8 Å². The van der Waals surface area contributed by atoms with E-state index in [0.29, 0.717) is 12.1 Å². The monoisotopic (exact) mass is 563 g/mol. The minimum Gasteiger partial charge on any atom is -0.352 e. The molecule has 0 aliphatic carbocycles. The summed E-state index contributed by atoms with van der Waals surface area (Å²) in [5, 5.41) is 2.91. The third-order valence-electron chi connectivity index (χ3n) is 6.75. The van der Waals surface area contributed by atoms with Gasteiger partial charge in [0.2, 0.25) is 11.8 Å². The van der Waals surface area contributed by atoms with Crippen LogP contribution >= 0.6 is 0 Å². The normalized spacial score (nSPS) is 12.3. The van der Waals surface area contributed by atoms with Gasteiger partial charge in [-0.15, -0.1) is 0 Å². The molecule has 0 aromatic heterocycles. The molecule has 0 spiro atoms. The van der Waals surface area contributed by atoms with Gasteiger partial charge in [0, 0.05) is 12.6 Å². The standard InChI is InChI=1S/C32H41N3O4S/c1-7-30(32(37)33-24(4)5)34(21-26-11-9-8-10-12-26)31(36)22-35(28-17-15-27(16-18-28)23(2)3)40(38,39)29-19-13-25(6)14-20-29/h8-20,23-24,30H,7,21-22H2,1-6H3,(H,33,37)/t30-/m0/s1. The van der Waals surface area contributed by atoms with Crippen LogP contribution in [0.5, 0.6) is 0 Å². The quantitative estimate of drug-likeness (QED) is 0.309. The summed E-state index contributed by atoms with van der Waals surface area (Å²) in [7, 11) is -4.09. The van der Waals surface area contributed by atoms with Gasteiger partial charge in [0.15, 0.2) is 0 Å². The van der Waals surface area contributed by atoms with Crippen molar-refractivity contribution < 1.29 is 18.0 Å². The van der Waals surface area contributed by atoms with E-state index in [-0.39, 0.29) is 29.3 Å². The van der Waals surface area contributed by atoms with Crippen LogP contribution < -0.4 is 9.62 Å². The first-order valence-electron chi connectivity index (χ1n) is 13.8. The highest BCUT2D eigenvalue weighted by Crippen LogP contribution is 2.27. The van der Waals surface area contributed by atoms with Crippen molar-refractivity contribution in [3.8, 4) is 0 Å². The number of nitrogens with zero attached hydrogens (tertiary/aromatic N) is 2. The lowest BCUT2D eigenvalue weighted by molar-refractivity contribution is -0.140. The van der Waals surface area contributed by atoms with Crippen molar-refractivity contribution in [2.75, 3.05) is 10.8 Å². The van der Waals surface area contributed by atoms with Crippen molar-refractivity contribution in [1.82, 2.24) is 10.2 Å². The molecular formula is C32H41N3O4S. The molecule has 3 aromatic rings. The van der Waals surface area contributed by atoms with Gasteiger partial charge in [-0.3, -0.25) is 13.9 Å². The highest BCUT2D eigenvalue weighted by molar-refractivity contribution is 7.92. The lowest BCUT2D eigenvalue weighted by Gasteiger charge is -2.33. The van der Waals surface area contributed by atoms with Gasteiger partial charge >= 0.3 is 0 Å². The highest BCUT2D eigenvalue weighted by atomic mass is 32.2. The number of hydrogen-bond acceptors (Lipinski definition) is 4. The van der Waals surface area contributed by atoms with Gasteiger partial charge < -0.3 is 10.2 Å². The fourth-order valence-electron chi connectivity index (χ4n) is 4.47. The van der Waals surface area contributed by atoms with Gasteiger partial charge in [-0.05, 0) is 68.5 Å².